The highest BCUT2D eigenvalue weighted by Gasteiger charge is 2.20. The van der Waals surface area contributed by atoms with Crippen LogP contribution in [0.4, 0.5) is 0 Å². The fraction of sp³-hybridized carbons (Fsp3) is 0.333. The minimum atomic E-state index is -0.986. The zero-order valence-electron chi connectivity index (χ0n) is 14.6. The maximum atomic E-state index is 12.1. The summed E-state index contributed by atoms with van der Waals surface area (Å²) >= 11 is 0. The number of carboxylic acid groups (broad SMARTS) is 1. The molecule has 0 fully saturated rings. The number of ether oxygens (including phenoxy) is 2. The van der Waals surface area contributed by atoms with Gasteiger partial charge in [0.05, 0.1) is 19.6 Å². The molecule has 1 amide bonds. The summed E-state index contributed by atoms with van der Waals surface area (Å²) < 4.78 is 10.2. The molecule has 0 radical (unpaired) electrons. The SMILES string of the molecule is CCOc1ccc(CC(CNC(=O)c2ccc(OC)nn2)C(=O)O)cc1. The fourth-order valence-corrected chi connectivity index (χ4v) is 2.28. The number of carbonyl (C=O) groups excluding carboxylic acids is 1. The van der Waals surface area contributed by atoms with Gasteiger partial charge in [-0.15, -0.1) is 10.2 Å². The number of amides is 1. The van der Waals surface area contributed by atoms with E-state index in [0.717, 1.165) is 11.3 Å². The third-order valence-corrected chi connectivity index (χ3v) is 3.66. The van der Waals surface area contributed by atoms with Crippen LogP contribution in [0.25, 0.3) is 0 Å². The molecule has 2 N–H and O–H groups in total. The maximum absolute atomic E-state index is 12.1. The van der Waals surface area contributed by atoms with E-state index in [9.17, 15) is 14.7 Å². The van der Waals surface area contributed by atoms with E-state index in [-0.39, 0.29) is 18.7 Å². The topological polar surface area (TPSA) is 111 Å². The standard InChI is InChI=1S/C18H21N3O5/c1-3-26-14-6-4-12(5-7-14)10-13(18(23)24)11-19-17(22)15-8-9-16(25-2)21-20-15/h4-9,13H,3,10-11H2,1-2H3,(H,19,22)(H,23,24). The van der Waals surface area contributed by atoms with Gasteiger partial charge in [-0.05, 0) is 37.1 Å². The predicted octanol–water partition coefficient (Wildman–Crippen LogP) is 1.56. The van der Waals surface area contributed by atoms with Gasteiger partial charge in [-0.25, -0.2) is 0 Å². The second-order valence-corrected chi connectivity index (χ2v) is 5.49. The molecule has 0 aliphatic heterocycles. The number of hydrogen-bond donors (Lipinski definition) is 2. The quantitative estimate of drug-likeness (QED) is 0.699. The lowest BCUT2D eigenvalue weighted by molar-refractivity contribution is -0.141. The van der Waals surface area contributed by atoms with Crippen LogP contribution in [-0.4, -0.2) is 47.4 Å². The molecule has 2 rings (SSSR count). The minimum Gasteiger partial charge on any atom is -0.494 e. The molecule has 1 aromatic heterocycles. The van der Waals surface area contributed by atoms with Crippen LogP contribution in [0.15, 0.2) is 36.4 Å². The second kappa shape index (κ2) is 9.36. The summed E-state index contributed by atoms with van der Waals surface area (Å²) in [6, 6.07) is 10.2. The smallest absolute Gasteiger partial charge is 0.308 e. The van der Waals surface area contributed by atoms with Gasteiger partial charge in [-0.2, -0.15) is 0 Å². The molecule has 0 bridgehead atoms. The van der Waals surface area contributed by atoms with Crippen molar-refractivity contribution in [3.05, 3.63) is 47.7 Å². The van der Waals surface area contributed by atoms with Gasteiger partial charge in [-0.3, -0.25) is 9.59 Å². The number of benzene rings is 1. The first kappa shape index (κ1) is 19.2. The minimum absolute atomic E-state index is 0.0188. The van der Waals surface area contributed by atoms with Crippen LogP contribution >= 0.6 is 0 Å². The van der Waals surface area contributed by atoms with Crippen molar-refractivity contribution in [1.82, 2.24) is 15.5 Å². The lowest BCUT2D eigenvalue weighted by Gasteiger charge is -2.14. The van der Waals surface area contributed by atoms with Crippen molar-refractivity contribution in [3.63, 3.8) is 0 Å². The molecule has 0 aliphatic rings. The first-order chi connectivity index (χ1) is 12.5. The zero-order valence-corrected chi connectivity index (χ0v) is 14.6. The summed E-state index contributed by atoms with van der Waals surface area (Å²) in [7, 11) is 1.45. The van der Waals surface area contributed by atoms with Gasteiger partial charge in [0.15, 0.2) is 5.69 Å². The predicted molar refractivity (Wildman–Crippen MR) is 93.4 cm³/mol. The van der Waals surface area contributed by atoms with E-state index in [0.29, 0.717) is 12.5 Å². The molecule has 138 valence electrons. The fourth-order valence-electron chi connectivity index (χ4n) is 2.28. The van der Waals surface area contributed by atoms with Crippen LogP contribution < -0.4 is 14.8 Å². The molecule has 0 spiro atoms. The Morgan fingerprint density at radius 3 is 2.42 bits per heavy atom. The van der Waals surface area contributed by atoms with Crippen molar-refractivity contribution in [2.75, 3.05) is 20.3 Å². The van der Waals surface area contributed by atoms with E-state index in [1.807, 2.05) is 19.1 Å². The summed E-state index contributed by atoms with van der Waals surface area (Å²) in [6.45, 7) is 2.44. The van der Waals surface area contributed by atoms with E-state index in [4.69, 9.17) is 9.47 Å². The number of carbonyl (C=O) groups is 2. The average Bonchev–Trinajstić information content (AvgIpc) is 2.66. The van der Waals surface area contributed by atoms with Crippen molar-refractivity contribution in [2.45, 2.75) is 13.3 Å². The Balaban J connectivity index is 1.94. The van der Waals surface area contributed by atoms with Gasteiger partial charge in [0, 0.05) is 12.6 Å². The lowest BCUT2D eigenvalue weighted by atomic mass is 9.99. The van der Waals surface area contributed by atoms with Crippen molar-refractivity contribution < 1.29 is 24.2 Å². The van der Waals surface area contributed by atoms with Crippen LogP contribution in [0, 0.1) is 5.92 Å². The van der Waals surface area contributed by atoms with Crippen LogP contribution in [-0.2, 0) is 11.2 Å². The normalized spacial score (nSPS) is 11.5. The number of nitrogens with zero attached hydrogens (tertiary/aromatic N) is 2. The van der Waals surface area contributed by atoms with E-state index >= 15 is 0 Å². The van der Waals surface area contributed by atoms with Gasteiger partial charge in [0.2, 0.25) is 5.88 Å². The highest BCUT2D eigenvalue weighted by Crippen LogP contribution is 2.15. The molecule has 0 aliphatic carbocycles. The summed E-state index contributed by atoms with van der Waals surface area (Å²) in [5.74, 6) is -1.21. The van der Waals surface area contributed by atoms with Crippen LogP contribution in [0.5, 0.6) is 11.6 Å². The Morgan fingerprint density at radius 2 is 1.88 bits per heavy atom. The molecule has 1 aromatic carbocycles. The Kier molecular flexibility index (Phi) is 6.90. The van der Waals surface area contributed by atoms with E-state index in [1.165, 1.54) is 19.2 Å². The van der Waals surface area contributed by atoms with Gasteiger partial charge in [0.1, 0.15) is 5.75 Å². The van der Waals surface area contributed by atoms with Crippen molar-refractivity contribution in [3.8, 4) is 11.6 Å². The molecule has 1 unspecified atom stereocenters. The molecule has 26 heavy (non-hydrogen) atoms. The van der Waals surface area contributed by atoms with E-state index in [2.05, 4.69) is 15.5 Å². The highest BCUT2D eigenvalue weighted by atomic mass is 16.5. The van der Waals surface area contributed by atoms with Gasteiger partial charge in [0.25, 0.3) is 5.91 Å². The summed E-state index contributed by atoms with van der Waals surface area (Å²) in [4.78, 5) is 23.6. The summed E-state index contributed by atoms with van der Waals surface area (Å²) in [5, 5.41) is 19.4. The van der Waals surface area contributed by atoms with Crippen LogP contribution in [0.1, 0.15) is 23.0 Å². The second-order valence-electron chi connectivity index (χ2n) is 5.49. The van der Waals surface area contributed by atoms with Gasteiger partial charge in [-0.1, -0.05) is 12.1 Å². The Morgan fingerprint density at radius 1 is 1.15 bits per heavy atom. The number of carboxylic acids is 1. The Labute approximate surface area is 151 Å². The van der Waals surface area contributed by atoms with Crippen LogP contribution in [0.2, 0.25) is 0 Å². The number of aromatic nitrogens is 2. The summed E-state index contributed by atoms with van der Waals surface area (Å²) in [5.41, 5.74) is 0.940. The summed E-state index contributed by atoms with van der Waals surface area (Å²) in [6.07, 6.45) is 0.288. The molecule has 0 saturated heterocycles. The van der Waals surface area contributed by atoms with Gasteiger partial charge >= 0.3 is 5.97 Å². The third-order valence-electron chi connectivity index (χ3n) is 3.66. The van der Waals surface area contributed by atoms with Crippen LogP contribution in [0.3, 0.4) is 0 Å². The average molecular weight is 359 g/mol. The molecule has 1 atom stereocenters. The molecular formula is C18H21N3O5. The third kappa shape index (κ3) is 5.44. The lowest BCUT2D eigenvalue weighted by Crippen LogP contribution is -2.34. The maximum Gasteiger partial charge on any atom is 0.308 e. The number of hydrogen-bond acceptors (Lipinski definition) is 6. The molecule has 8 nitrogen and oxygen atoms in total. The first-order valence-electron chi connectivity index (χ1n) is 8.14. The molecule has 1 heterocycles. The monoisotopic (exact) mass is 359 g/mol. The number of nitrogens with one attached hydrogen (secondary N) is 1. The van der Waals surface area contributed by atoms with E-state index in [1.54, 1.807) is 12.1 Å². The molecular weight excluding hydrogens is 338 g/mol. The van der Waals surface area contributed by atoms with Crippen molar-refractivity contribution in [1.29, 1.82) is 0 Å². The number of methoxy groups -OCH3 is 1. The molecule has 2 aromatic rings. The first-order valence-corrected chi connectivity index (χ1v) is 8.14. The Bertz CT molecular complexity index is 731. The number of rotatable bonds is 9. The zero-order chi connectivity index (χ0) is 18.9. The highest BCUT2D eigenvalue weighted by molar-refractivity contribution is 5.92. The van der Waals surface area contributed by atoms with Crippen molar-refractivity contribution in [2.24, 2.45) is 5.92 Å². The molecule has 8 heteroatoms. The Hall–Kier alpha value is -3.16. The number of aliphatic carboxylic acids is 1. The van der Waals surface area contributed by atoms with E-state index < -0.39 is 17.8 Å². The van der Waals surface area contributed by atoms with Crippen molar-refractivity contribution >= 4 is 11.9 Å². The van der Waals surface area contributed by atoms with Gasteiger partial charge < -0.3 is 19.9 Å². The molecule has 0 saturated carbocycles. The largest absolute Gasteiger partial charge is 0.494 e.